The van der Waals surface area contributed by atoms with Gasteiger partial charge >= 0.3 is 0 Å². The smallest absolute Gasteiger partial charge is 0.257 e. The Kier molecular flexibility index (Phi) is 3.66. The van der Waals surface area contributed by atoms with Gasteiger partial charge in [-0.3, -0.25) is 4.79 Å². The number of thiophene rings is 1. The number of hydrogen-bond donors (Lipinski definition) is 0. The summed E-state index contributed by atoms with van der Waals surface area (Å²) in [7, 11) is 0. The summed E-state index contributed by atoms with van der Waals surface area (Å²) in [5.41, 5.74) is 1.89. The molecule has 0 radical (unpaired) electrons. The summed E-state index contributed by atoms with van der Waals surface area (Å²) < 4.78 is 0.621. The second-order valence-corrected chi connectivity index (χ2v) is 6.09. The highest BCUT2D eigenvalue weighted by atomic mass is 79.9. The van der Waals surface area contributed by atoms with Crippen LogP contribution >= 0.6 is 27.3 Å². The maximum absolute atomic E-state index is 12.6. The van der Waals surface area contributed by atoms with Crippen LogP contribution in [0.4, 0.5) is 0 Å². The molecule has 3 rings (SSSR count). The molecule has 1 fully saturated rings. The van der Waals surface area contributed by atoms with Crippen LogP contribution in [-0.4, -0.2) is 22.3 Å². The van der Waals surface area contributed by atoms with Gasteiger partial charge in [0, 0.05) is 12.7 Å². The third-order valence-corrected chi connectivity index (χ3v) is 4.76. The van der Waals surface area contributed by atoms with Gasteiger partial charge < -0.3 is 4.90 Å². The summed E-state index contributed by atoms with van der Waals surface area (Å²) in [5, 5.41) is 4.20. The van der Waals surface area contributed by atoms with Crippen LogP contribution in [0.5, 0.6) is 0 Å². The summed E-state index contributed by atoms with van der Waals surface area (Å²) in [6, 6.07) is 5.95. The van der Waals surface area contributed by atoms with Gasteiger partial charge in [0.2, 0.25) is 0 Å². The molecule has 19 heavy (non-hydrogen) atoms. The highest BCUT2D eigenvalue weighted by Crippen LogP contribution is 2.34. The van der Waals surface area contributed by atoms with E-state index in [1.165, 1.54) is 5.56 Å². The van der Waals surface area contributed by atoms with Crippen molar-refractivity contribution in [1.82, 2.24) is 9.88 Å². The molecule has 0 aromatic carbocycles. The van der Waals surface area contributed by atoms with Crippen LogP contribution in [-0.2, 0) is 0 Å². The summed E-state index contributed by atoms with van der Waals surface area (Å²) in [6.45, 7) is 0.820. The number of aromatic nitrogens is 1. The Morgan fingerprint density at radius 3 is 3.11 bits per heavy atom. The van der Waals surface area contributed by atoms with Gasteiger partial charge in [-0.2, -0.15) is 11.3 Å². The molecule has 1 unspecified atom stereocenters. The highest BCUT2D eigenvalue weighted by Gasteiger charge is 2.31. The van der Waals surface area contributed by atoms with Crippen molar-refractivity contribution in [3.8, 4) is 0 Å². The molecule has 1 aliphatic heterocycles. The number of rotatable bonds is 2. The number of likely N-dealkylation sites (tertiary alicyclic amines) is 1. The van der Waals surface area contributed by atoms with Gasteiger partial charge in [0.15, 0.2) is 0 Å². The summed E-state index contributed by atoms with van der Waals surface area (Å²) in [5.74, 6) is 0.0636. The van der Waals surface area contributed by atoms with E-state index in [0.29, 0.717) is 10.2 Å². The fourth-order valence-electron chi connectivity index (χ4n) is 2.52. The lowest BCUT2D eigenvalue weighted by Crippen LogP contribution is -2.30. The molecule has 3 heterocycles. The minimum absolute atomic E-state index is 0.0636. The van der Waals surface area contributed by atoms with E-state index in [1.807, 2.05) is 11.0 Å². The van der Waals surface area contributed by atoms with Crippen molar-refractivity contribution >= 4 is 33.2 Å². The zero-order valence-electron chi connectivity index (χ0n) is 10.3. The second kappa shape index (κ2) is 5.43. The van der Waals surface area contributed by atoms with Crippen molar-refractivity contribution in [1.29, 1.82) is 0 Å². The van der Waals surface area contributed by atoms with E-state index in [-0.39, 0.29) is 11.9 Å². The van der Waals surface area contributed by atoms with Gasteiger partial charge in [-0.15, -0.1) is 0 Å². The summed E-state index contributed by atoms with van der Waals surface area (Å²) in [6.07, 6.45) is 3.78. The number of nitrogens with zero attached hydrogens (tertiary/aromatic N) is 2. The minimum atomic E-state index is 0.0636. The third-order valence-electron chi connectivity index (χ3n) is 3.43. The van der Waals surface area contributed by atoms with Crippen molar-refractivity contribution in [2.45, 2.75) is 18.9 Å². The van der Waals surface area contributed by atoms with Crippen molar-refractivity contribution in [3.05, 3.63) is 50.9 Å². The Bertz CT molecular complexity index is 585. The first-order chi connectivity index (χ1) is 9.27. The molecule has 5 heteroatoms. The molecule has 0 aliphatic carbocycles. The lowest BCUT2D eigenvalue weighted by Gasteiger charge is -2.24. The molecule has 1 amide bonds. The van der Waals surface area contributed by atoms with E-state index in [9.17, 15) is 4.79 Å². The van der Waals surface area contributed by atoms with Gasteiger partial charge in [-0.25, -0.2) is 4.98 Å². The summed E-state index contributed by atoms with van der Waals surface area (Å²) in [4.78, 5) is 18.7. The Morgan fingerprint density at radius 2 is 2.37 bits per heavy atom. The topological polar surface area (TPSA) is 33.2 Å². The molecule has 1 saturated heterocycles. The number of amides is 1. The number of carbonyl (C=O) groups is 1. The molecular weight excluding hydrogens is 324 g/mol. The van der Waals surface area contributed by atoms with E-state index in [4.69, 9.17) is 0 Å². The standard InChI is InChI=1S/C14H13BrN2OS/c15-13-11(3-1-6-16-13)14(18)17-7-2-4-12(17)10-5-8-19-9-10/h1,3,5-6,8-9,12H,2,4,7H2. The number of pyridine rings is 1. The number of halogens is 1. The highest BCUT2D eigenvalue weighted by molar-refractivity contribution is 9.10. The third kappa shape index (κ3) is 2.44. The molecule has 1 atom stereocenters. The number of hydrogen-bond acceptors (Lipinski definition) is 3. The predicted molar refractivity (Wildman–Crippen MR) is 79.3 cm³/mol. The van der Waals surface area contributed by atoms with Crippen molar-refractivity contribution in [2.24, 2.45) is 0 Å². The normalized spacial score (nSPS) is 18.8. The van der Waals surface area contributed by atoms with E-state index < -0.39 is 0 Å². The zero-order chi connectivity index (χ0) is 13.2. The first kappa shape index (κ1) is 12.8. The Labute approximate surface area is 124 Å². The molecule has 0 spiro atoms. The lowest BCUT2D eigenvalue weighted by atomic mass is 10.1. The Morgan fingerprint density at radius 1 is 1.47 bits per heavy atom. The van der Waals surface area contributed by atoms with Crippen LogP contribution in [0.15, 0.2) is 39.8 Å². The molecule has 2 aromatic heterocycles. The van der Waals surface area contributed by atoms with Crippen molar-refractivity contribution in [3.63, 3.8) is 0 Å². The van der Waals surface area contributed by atoms with Gasteiger partial charge in [-0.05, 0) is 63.3 Å². The van der Waals surface area contributed by atoms with Gasteiger partial charge in [0.05, 0.1) is 11.6 Å². The first-order valence-electron chi connectivity index (χ1n) is 6.21. The van der Waals surface area contributed by atoms with Crippen LogP contribution < -0.4 is 0 Å². The largest absolute Gasteiger partial charge is 0.331 e. The van der Waals surface area contributed by atoms with Crippen LogP contribution in [0.1, 0.15) is 34.8 Å². The predicted octanol–water partition coefficient (Wildman–Crippen LogP) is 3.88. The lowest BCUT2D eigenvalue weighted by molar-refractivity contribution is 0.0734. The fourth-order valence-corrected chi connectivity index (χ4v) is 3.65. The average Bonchev–Trinajstić information content (AvgIpc) is 3.09. The van der Waals surface area contributed by atoms with Crippen LogP contribution in [0, 0.1) is 0 Å². The SMILES string of the molecule is O=C(c1cccnc1Br)N1CCCC1c1ccsc1. The second-order valence-electron chi connectivity index (χ2n) is 4.56. The van der Waals surface area contributed by atoms with Gasteiger partial charge in [-0.1, -0.05) is 0 Å². The van der Waals surface area contributed by atoms with Crippen LogP contribution in [0.2, 0.25) is 0 Å². The molecular formula is C14H13BrN2OS. The minimum Gasteiger partial charge on any atom is -0.331 e. The molecule has 0 N–H and O–H groups in total. The van der Waals surface area contributed by atoms with Crippen LogP contribution in [0.25, 0.3) is 0 Å². The van der Waals surface area contributed by atoms with E-state index >= 15 is 0 Å². The van der Waals surface area contributed by atoms with E-state index in [2.05, 4.69) is 37.7 Å². The number of carbonyl (C=O) groups excluding carboxylic acids is 1. The van der Waals surface area contributed by atoms with Crippen molar-refractivity contribution < 1.29 is 4.79 Å². The van der Waals surface area contributed by atoms with Crippen LogP contribution in [0.3, 0.4) is 0 Å². The van der Waals surface area contributed by atoms with Gasteiger partial charge in [0.1, 0.15) is 4.60 Å². The monoisotopic (exact) mass is 336 g/mol. The van der Waals surface area contributed by atoms with Crippen molar-refractivity contribution in [2.75, 3.05) is 6.54 Å². The molecule has 98 valence electrons. The maximum Gasteiger partial charge on any atom is 0.257 e. The quantitative estimate of drug-likeness (QED) is 0.779. The zero-order valence-corrected chi connectivity index (χ0v) is 12.7. The molecule has 1 aliphatic rings. The molecule has 3 nitrogen and oxygen atoms in total. The van der Waals surface area contributed by atoms with E-state index in [1.54, 1.807) is 23.6 Å². The molecule has 2 aromatic rings. The Hall–Kier alpha value is -1.20. The molecule has 0 bridgehead atoms. The fraction of sp³-hybridized carbons (Fsp3) is 0.286. The van der Waals surface area contributed by atoms with E-state index in [0.717, 1.165) is 19.4 Å². The summed E-state index contributed by atoms with van der Waals surface area (Å²) >= 11 is 5.04. The molecule has 0 saturated carbocycles. The van der Waals surface area contributed by atoms with Gasteiger partial charge in [0.25, 0.3) is 5.91 Å². The Balaban J connectivity index is 1.89. The first-order valence-corrected chi connectivity index (χ1v) is 7.94. The average molecular weight is 337 g/mol. The maximum atomic E-state index is 12.6.